The third-order valence-corrected chi connectivity index (χ3v) is 5.32. The first-order valence-corrected chi connectivity index (χ1v) is 11.0. The van der Waals surface area contributed by atoms with Crippen molar-refractivity contribution in [2.24, 2.45) is 5.10 Å². The van der Waals surface area contributed by atoms with Crippen LogP contribution in [0.2, 0.25) is 0 Å². The minimum Gasteiger partial charge on any atom is -0.508 e. The highest BCUT2D eigenvalue weighted by atomic mass is 16.5. The Labute approximate surface area is 197 Å². The van der Waals surface area contributed by atoms with Crippen LogP contribution in [0.3, 0.4) is 0 Å². The number of nitrogens with zero attached hydrogens (tertiary/aromatic N) is 2. The molecule has 0 fully saturated rings. The molecule has 0 atom stereocenters. The van der Waals surface area contributed by atoms with Crippen LogP contribution in [0.1, 0.15) is 36.2 Å². The number of carbonyl (C=O) groups is 1. The monoisotopic (exact) mass is 455 g/mol. The summed E-state index contributed by atoms with van der Waals surface area (Å²) in [6.45, 7) is 4.32. The summed E-state index contributed by atoms with van der Waals surface area (Å²) < 4.78 is 5.61. The Bertz CT molecular complexity index is 1380. The lowest BCUT2D eigenvalue weighted by Crippen LogP contribution is -2.20. The zero-order valence-electron chi connectivity index (χ0n) is 18.9. The maximum Gasteiger partial charge on any atom is 0.272 e. The van der Waals surface area contributed by atoms with Crippen LogP contribution < -0.4 is 10.2 Å². The Balaban J connectivity index is 1.73. The lowest BCUT2D eigenvalue weighted by molar-refractivity contribution is 0.0956. The van der Waals surface area contributed by atoms with Crippen LogP contribution in [0.25, 0.3) is 22.2 Å². The summed E-state index contributed by atoms with van der Waals surface area (Å²) >= 11 is 0. The van der Waals surface area contributed by atoms with Crippen LogP contribution in [0, 0.1) is 0 Å². The predicted molar refractivity (Wildman–Crippen MR) is 132 cm³/mol. The van der Waals surface area contributed by atoms with Crippen molar-refractivity contribution in [2.75, 3.05) is 6.61 Å². The average Bonchev–Trinajstić information content (AvgIpc) is 2.86. The third-order valence-electron chi connectivity index (χ3n) is 5.32. The Morgan fingerprint density at radius 1 is 0.971 bits per heavy atom. The number of hydrogen-bond donors (Lipinski definition) is 3. The van der Waals surface area contributed by atoms with Gasteiger partial charge < -0.3 is 14.9 Å². The molecule has 0 radical (unpaired) electrons. The van der Waals surface area contributed by atoms with Crippen LogP contribution in [-0.4, -0.2) is 33.4 Å². The van der Waals surface area contributed by atoms with Crippen LogP contribution in [0.15, 0.2) is 77.9 Å². The number of carbonyl (C=O) groups excluding carboxylic acids is 1. The number of benzene rings is 3. The Kier molecular flexibility index (Phi) is 6.73. The molecule has 1 amide bonds. The van der Waals surface area contributed by atoms with Gasteiger partial charge in [0.2, 0.25) is 0 Å². The smallest absolute Gasteiger partial charge is 0.272 e. The molecule has 0 spiro atoms. The number of hydrogen-bond acceptors (Lipinski definition) is 6. The molecule has 172 valence electrons. The highest BCUT2D eigenvalue weighted by molar-refractivity contribution is 6.08. The van der Waals surface area contributed by atoms with Crippen molar-refractivity contribution in [1.82, 2.24) is 10.4 Å². The lowest BCUT2D eigenvalue weighted by atomic mass is 10.0. The fraction of sp³-hybridized carbons (Fsp3) is 0.148. The van der Waals surface area contributed by atoms with Gasteiger partial charge in [-0.05, 0) is 55.8 Å². The molecule has 3 aromatic carbocycles. The SMILES string of the molecule is CCOc1cccc(-c2cc(C(=O)NN=C(CC)c3cc(O)ccc3O)c3ccccc3n2)c1. The van der Waals surface area contributed by atoms with Crippen LogP contribution in [0.4, 0.5) is 0 Å². The summed E-state index contributed by atoms with van der Waals surface area (Å²) in [7, 11) is 0. The maximum absolute atomic E-state index is 13.2. The Morgan fingerprint density at radius 3 is 2.59 bits per heavy atom. The number of aromatic hydroxyl groups is 2. The molecule has 0 aliphatic heterocycles. The van der Waals surface area contributed by atoms with E-state index in [4.69, 9.17) is 9.72 Å². The molecule has 1 aromatic heterocycles. The molecule has 0 aliphatic carbocycles. The fourth-order valence-corrected chi connectivity index (χ4v) is 3.69. The number of amides is 1. The van der Waals surface area contributed by atoms with Gasteiger partial charge in [-0.25, -0.2) is 10.4 Å². The molecule has 0 aliphatic rings. The number of hydrazone groups is 1. The van der Waals surface area contributed by atoms with Gasteiger partial charge >= 0.3 is 0 Å². The second-order valence-corrected chi connectivity index (χ2v) is 7.59. The van der Waals surface area contributed by atoms with Crippen molar-refractivity contribution in [3.63, 3.8) is 0 Å². The first-order chi connectivity index (χ1) is 16.5. The van der Waals surface area contributed by atoms with Gasteiger partial charge in [0, 0.05) is 16.5 Å². The van der Waals surface area contributed by atoms with Crippen molar-refractivity contribution in [3.05, 3.63) is 83.9 Å². The van der Waals surface area contributed by atoms with E-state index in [2.05, 4.69) is 10.5 Å². The zero-order chi connectivity index (χ0) is 24.1. The highest BCUT2D eigenvalue weighted by Crippen LogP contribution is 2.28. The molecule has 34 heavy (non-hydrogen) atoms. The highest BCUT2D eigenvalue weighted by Gasteiger charge is 2.15. The van der Waals surface area contributed by atoms with E-state index >= 15 is 0 Å². The van der Waals surface area contributed by atoms with Crippen molar-refractivity contribution in [1.29, 1.82) is 0 Å². The molecule has 0 unspecified atom stereocenters. The van der Waals surface area contributed by atoms with E-state index in [9.17, 15) is 15.0 Å². The Morgan fingerprint density at radius 2 is 1.79 bits per heavy atom. The van der Waals surface area contributed by atoms with E-state index in [1.165, 1.54) is 18.2 Å². The molecule has 7 heteroatoms. The quantitative estimate of drug-likeness (QED) is 0.200. The number of rotatable bonds is 7. The molecule has 0 saturated carbocycles. The predicted octanol–water partition coefficient (Wildman–Crippen LogP) is 5.26. The van der Waals surface area contributed by atoms with E-state index < -0.39 is 5.91 Å². The van der Waals surface area contributed by atoms with Gasteiger partial charge in [0.1, 0.15) is 17.2 Å². The van der Waals surface area contributed by atoms with Gasteiger partial charge in [0.25, 0.3) is 5.91 Å². The van der Waals surface area contributed by atoms with Gasteiger partial charge in [0.15, 0.2) is 0 Å². The molecule has 3 N–H and O–H groups in total. The number of phenols is 2. The van der Waals surface area contributed by atoms with Crippen molar-refractivity contribution >= 4 is 22.5 Å². The number of pyridine rings is 1. The maximum atomic E-state index is 13.2. The number of ether oxygens (including phenoxy) is 1. The number of fused-ring (bicyclic) bond motifs is 1. The zero-order valence-corrected chi connectivity index (χ0v) is 18.9. The van der Waals surface area contributed by atoms with Gasteiger partial charge in [-0.3, -0.25) is 4.79 Å². The molecule has 7 nitrogen and oxygen atoms in total. The summed E-state index contributed by atoms with van der Waals surface area (Å²) in [6, 6.07) is 20.9. The average molecular weight is 456 g/mol. The number of nitrogens with one attached hydrogen (secondary N) is 1. The van der Waals surface area contributed by atoms with E-state index in [-0.39, 0.29) is 11.5 Å². The van der Waals surface area contributed by atoms with E-state index in [0.29, 0.717) is 46.5 Å². The number of para-hydroxylation sites is 1. The van der Waals surface area contributed by atoms with Crippen molar-refractivity contribution in [2.45, 2.75) is 20.3 Å². The minimum absolute atomic E-state index is 0.000621. The molecular weight excluding hydrogens is 430 g/mol. The Hall–Kier alpha value is -4.39. The van der Waals surface area contributed by atoms with Gasteiger partial charge in [-0.15, -0.1) is 0 Å². The lowest BCUT2D eigenvalue weighted by Gasteiger charge is -2.11. The van der Waals surface area contributed by atoms with E-state index in [1.807, 2.05) is 62.4 Å². The number of phenolic OH excluding ortho intramolecular Hbond substituents is 2. The summed E-state index contributed by atoms with van der Waals surface area (Å²) in [5.74, 6) is 0.285. The third kappa shape index (κ3) is 4.83. The second-order valence-electron chi connectivity index (χ2n) is 7.59. The topological polar surface area (TPSA) is 104 Å². The summed E-state index contributed by atoms with van der Waals surface area (Å²) in [5.41, 5.74) is 5.95. The summed E-state index contributed by atoms with van der Waals surface area (Å²) in [4.78, 5) is 18.0. The van der Waals surface area contributed by atoms with Crippen LogP contribution in [0.5, 0.6) is 17.2 Å². The van der Waals surface area contributed by atoms with Crippen molar-refractivity contribution < 1.29 is 19.7 Å². The molecule has 0 bridgehead atoms. The molecule has 1 heterocycles. The van der Waals surface area contributed by atoms with Crippen LogP contribution >= 0.6 is 0 Å². The molecule has 4 rings (SSSR count). The largest absolute Gasteiger partial charge is 0.508 e. The first-order valence-electron chi connectivity index (χ1n) is 11.0. The van der Waals surface area contributed by atoms with E-state index in [1.54, 1.807) is 6.07 Å². The molecule has 0 saturated heterocycles. The van der Waals surface area contributed by atoms with Gasteiger partial charge in [0.05, 0.1) is 29.1 Å². The van der Waals surface area contributed by atoms with Gasteiger partial charge in [-0.2, -0.15) is 5.10 Å². The fourth-order valence-electron chi connectivity index (χ4n) is 3.69. The summed E-state index contributed by atoms with van der Waals surface area (Å²) in [6.07, 6.45) is 0.434. The normalized spacial score (nSPS) is 11.4. The van der Waals surface area contributed by atoms with Gasteiger partial charge in [-0.1, -0.05) is 37.3 Å². The molecule has 4 aromatic rings. The van der Waals surface area contributed by atoms with E-state index in [0.717, 1.165) is 11.3 Å². The number of aromatic nitrogens is 1. The second kappa shape index (κ2) is 10.0. The molecular formula is C27H25N3O4. The minimum atomic E-state index is -0.411. The summed E-state index contributed by atoms with van der Waals surface area (Å²) in [5, 5.41) is 24.9. The van der Waals surface area contributed by atoms with Crippen molar-refractivity contribution in [3.8, 4) is 28.5 Å². The first kappa shape index (κ1) is 22.8. The van der Waals surface area contributed by atoms with Crippen LogP contribution in [-0.2, 0) is 0 Å². The standard InChI is InChI=1S/C27H25N3O4/c1-3-23(22-15-18(31)12-13-26(22)32)29-30-27(33)21-16-25(28-24-11-6-5-10-20(21)24)17-8-7-9-19(14-17)34-4-2/h5-16,31-32H,3-4H2,1-2H3,(H,30,33).